The molecule has 18 nitrogen and oxygen atoms in total. The summed E-state index contributed by atoms with van der Waals surface area (Å²) >= 11 is 0. The quantitative estimate of drug-likeness (QED) is 0.122. The molecule has 6 N–H and O–H groups in total. The van der Waals surface area contributed by atoms with Crippen LogP contribution in [0.15, 0.2) is 146 Å². The van der Waals surface area contributed by atoms with Gasteiger partial charge in [-0.2, -0.15) is 15.3 Å². The van der Waals surface area contributed by atoms with E-state index in [2.05, 4.69) is 29.0 Å². The summed E-state index contributed by atoms with van der Waals surface area (Å²) < 4.78 is 6.69. The molecule has 18 heteroatoms. The van der Waals surface area contributed by atoms with Crippen molar-refractivity contribution in [3.05, 3.63) is 197 Å². The van der Waals surface area contributed by atoms with Crippen LogP contribution in [0.1, 0.15) is 159 Å². The van der Waals surface area contributed by atoms with Crippen LogP contribution in [0.4, 0.5) is 0 Å². The third-order valence-corrected chi connectivity index (χ3v) is 19.5. The second-order valence-electron chi connectivity index (χ2n) is 25.0. The van der Waals surface area contributed by atoms with Crippen molar-refractivity contribution in [1.82, 2.24) is 59.2 Å². The lowest BCUT2D eigenvalue weighted by Gasteiger charge is -2.15. The number of amides is 3. The van der Waals surface area contributed by atoms with Crippen molar-refractivity contribution in [3.63, 3.8) is 0 Å². The number of pyridine rings is 6. The van der Waals surface area contributed by atoms with Gasteiger partial charge in [0.1, 0.15) is 17.1 Å². The highest BCUT2D eigenvalue weighted by molar-refractivity contribution is 6.06. The first-order valence-electron chi connectivity index (χ1n) is 31.1. The number of rotatable bonds is 9. The molecule has 3 saturated carbocycles. The molecule has 444 valence electrons. The van der Waals surface area contributed by atoms with Gasteiger partial charge in [-0.25, -0.2) is 0 Å². The maximum atomic E-state index is 11.8. The maximum Gasteiger partial charge on any atom is 0.248 e. The number of nitrogens with two attached hydrogens (primary N) is 3. The van der Waals surface area contributed by atoms with E-state index in [-0.39, 0.29) is 0 Å². The summed E-state index contributed by atoms with van der Waals surface area (Å²) in [5, 5.41) is 18.0. The third-order valence-electron chi connectivity index (χ3n) is 19.5. The van der Waals surface area contributed by atoms with Gasteiger partial charge < -0.3 is 17.2 Å². The Hall–Kier alpha value is -10.6. The van der Waals surface area contributed by atoms with Crippen molar-refractivity contribution >= 4 is 50.4 Å². The number of fused-ring (bicyclic) bond motifs is 18. The Labute approximate surface area is 517 Å². The number of hydrogen-bond acceptors (Lipinski definition) is 12. The predicted octanol–water partition coefficient (Wildman–Crippen LogP) is 13.2. The van der Waals surface area contributed by atoms with Crippen molar-refractivity contribution in [3.8, 4) is 67.5 Å². The van der Waals surface area contributed by atoms with E-state index in [1.54, 1.807) is 18.2 Å². The Morgan fingerprint density at radius 2 is 0.689 bits per heavy atom. The van der Waals surface area contributed by atoms with E-state index in [4.69, 9.17) is 47.4 Å². The largest absolute Gasteiger partial charge is 0.366 e. The number of benzene rings is 3. The summed E-state index contributed by atoms with van der Waals surface area (Å²) in [6.45, 7) is 5.99. The van der Waals surface area contributed by atoms with Gasteiger partial charge in [-0.05, 0) is 204 Å². The third kappa shape index (κ3) is 9.05. The summed E-state index contributed by atoms with van der Waals surface area (Å²) in [6, 6.07) is 41.9. The lowest BCUT2D eigenvalue weighted by atomic mass is 9.91. The summed E-state index contributed by atoms with van der Waals surface area (Å²) in [6.07, 6.45) is 16.1. The molecular formula is C72H63N15O3. The van der Waals surface area contributed by atoms with E-state index in [1.807, 2.05) is 149 Å². The second kappa shape index (κ2) is 21.3. The minimum Gasteiger partial charge on any atom is -0.366 e. The molecule has 0 radical (unpaired) electrons. The normalized spacial score (nSPS) is 19.4. The van der Waals surface area contributed by atoms with Crippen LogP contribution in [0, 0.1) is 20.8 Å². The Bertz CT molecular complexity index is 4510. The minimum atomic E-state index is -0.438. The molecule has 90 heavy (non-hydrogen) atoms. The van der Waals surface area contributed by atoms with Crippen molar-refractivity contribution in [2.75, 3.05) is 0 Å². The number of hydrogen-bond donors (Lipinski definition) is 3. The number of carbonyl (C=O) groups is 3. The molecule has 3 amide bonds. The van der Waals surface area contributed by atoms with Gasteiger partial charge in [0.2, 0.25) is 17.7 Å². The fourth-order valence-electron chi connectivity index (χ4n) is 15.5. The number of carbonyl (C=O) groups excluding carboxylic acids is 3. The summed E-state index contributed by atoms with van der Waals surface area (Å²) in [7, 11) is 0. The van der Waals surface area contributed by atoms with Gasteiger partial charge in [-0.1, -0.05) is 18.2 Å². The van der Waals surface area contributed by atoms with E-state index in [1.165, 1.54) is 55.6 Å². The Balaban J connectivity index is 0.000000108. The van der Waals surface area contributed by atoms with Crippen LogP contribution in [0.5, 0.6) is 0 Å². The SMILES string of the molecule is Cc1cccc(-c2nn3c(c2-c2ccnc4ccc(C(N)=O)cc24)C2CCC3C2)n1.Cc1cccc(-c2nn3c(c2-c2ccnc4ccc(C(N)=O)cc24)[C@@H]2CC[C@H]3C2)n1.Cc1cccc(-c2nn3c(c2-c2ccnc4ccc(C(N)=O)cc24)[C@H]2CC[C@@H]3C2)n1. The van der Waals surface area contributed by atoms with E-state index in [9.17, 15) is 14.4 Å². The molecule has 18 rings (SSSR count). The first-order chi connectivity index (χ1) is 43.8. The van der Waals surface area contributed by atoms with Crippen LogP contribution in [-0.2, 0) is 0 Å². The first kappa shape index (κ1) is 54.7. The molecule has 6 atom stereocenters. The van der Waals surface area contributed by atoms with Crippen molar-refractivity contribution < 1.29 is 14.4 Å². The molecule has 6 bridgehead atoms. The van der Waals surface area contributed by atoms with Crippen LogP contribution >= 0.6 is 0 Å². The maximum absolute atomic E-state index is 11.8. The van der Waals surface area contributed by atoms with Gasteiger partial charge in [-0.3, -0.25) is 58.3 Å². The lowest BCUT2D eigenvalue weighted by Crippen LogP contribution is -2.10. The molecular weight excluding hydrogens is 1120 g/mol. The Morgan fingerprint density at radius 1 is 0.389 bits per heavy atom. The van der Waals surface area contributed by atoms with E-state index >= 15 is 0 Å². The fraction of sp³-hybridized carbons (Fsp3) is 0.250. The van der Waals surface area contributed by atoms with Gasteiger partial charge in [-0.15, -0.1) is 0 Å². The smallest absolute Gasteiger partial charge is 0.248 e. The average Bonchev–Trinajstić information content (AvgIpc) is 1.62. The van der Waals surface area contributed by atoms with E-state index in [0.717, 1.165) is 137 Å². The van der Waals surface area contributed by atoms with Crippen molar-refractivity contribution in [2.45, 2.75) is 114 Å². The van der Waals surface area contributed by atoms with Crippen LogP contribution in [0.3, 0.4) is 0 Å². The molecule has 6 aliphatic rings. The number of aryl methyl sites for hydroxylation is 3. The molecule has 0 spiro atoms. The number of aromatic nitrogens is 12. The second-order valence-corrected chi connectivity index (χ2v) is 25.0. The highest BCUT2D eigenvalue weighted by atomic mass is 16.2. The summed E-state index contributed by atoms with van der Waals surface area (Å²) in [4.78, 5) is 63.4. The van der Waals surface area contributed by atoms with Gasteiger partial charge >= 0.3 is 0 Å². The van der Waals surface area contributed by atoms with Gasteiger partial charge in [0.05, 0.1) is 68.8 Å². The molecule has 12 aromatic rings. The lowest BCUT2D eigenvalue weighted by molar-refractivity contribution is 0.0992. The van der Waals surface area contributed by atoms with Gasteiger partial charge in [0.25, 0.3) is 0 Å². The van der Waals surface area contributed by atoms with Crippen LogP contribution in [0.2, 0.25) is 0 Å². The molecule has 2 unspecified atom stereocenters. The fourth-order valence-corrected chi connectivity index (χ4v) is 15.5. The molecule has 9 aromatic heterocycles. The zero-order valence-electron chi connectivity index (χ0n) is 50.0. The molecule has 0 saturated heterocycles. The molecule has 12 heterocycles. The Kier molecular flexibility index (Phi) is 13.0. The summed E-state index contributed by atoms with van der Waals surface area (Å²) in [5.74, 6) is 0.223. The highest BCUT2D eigenvalue weighted by Crippen LogP contribution is 2.57. The number of primary amides is 3. The molecule has 3 fully saturated rings. The zero-order valence-corrected chi connectivity index (χ0v) is 50.0. The zero-order chi connectivity index (χ0) is 61.2. The van der Waals surface area contributed by atoms with Crippen LogP contribution in [-0.4, -0.2) is 77.0 Å². The van der Waals surface area contributed by atoms with Crippen LogP contribution in [0.25, 0.3) is 100 Å². The molecule has 3 aliphatic heterocycles. The number of nitrogens with zero attached hydrogens (tertiary/aromatic N) is 12. The molecule has 3 aliphatic carbocycles. The minimum absolute atomic E-state index is 0.438. The van der Waals surface area contributed by atoms with Gasteiger partial charge in [0.15, 0.2) is 0 Å². The predicted molar refractivity (Wildman–Crippen MR) is 345 cm³/mol. The van der Waals surface area contributed by atoms with E-state index < -0.39 is 17.7 Å². The van der Waals surface area contributed by atoms with Crippen LogP contribution < -0.4 is 17.2 Å². The molecule has 3 aromatic carbocycles. The summed E-state index contributed by atoms with van der Waals surface area (Å²) in [5.41, 5.74) is 39.2. The van der Waals surface area contributed by atoms with Crippen molar-refractivity contribution in [1.29, 1.82) is 0 Å². The first-order valence-corrected chi connectivity index (χ1v) is 31.1. The van der Waals surface area contributed by atoms with Crippen molar-refractivity contribution in [2.24, 2.45) is 17.2 Å². The topological polar surface area (TPSA) is 260 Å². The van der Waals surface area contributed by atoms with Gasteiger partial charge in [0, 0.05) is 103 Å². The van der Waals surface area contributed by atoms with E-state index in [0.29, 0.717) is 52.6 Å². The monoisotopic (exact) mass is 1190 g/mol. The standard InChI is InChI=1S/3C24H21N5O/c3*1-13-3-2-4-20(27-13)22-21(23-14-5-7-16(11-14)29(23)28-22)17-9-10-26-19-8-6-15(24(25)30)12-18(17)19/h3*2-4,6,8-10,12,14,16H,5,7,11H2,1H3,(H2,25,30)/t2*14-,16+;/m10./s1. The average molecular weight is 1190 g/mol. The Morgan fingerprint density at radius 3 is 0.967 bits per heavy atom. The highest BCUT2D eigenvalue weighted by Gasteiger charge is 2.45.